The van der Waals surface area contributed by atoms with Crippen LogP contribution in [0.15, 0.2) is 42.0 Å². The van der Waals surface area contributed by atoms with Crippen LogP contribution in [0.25, 0.3) is 12.2 Å². The number of nitrogens with one attached hydrogen (secondary N) is 2. The molecule has 0 spiro atoms. The minimum absolute atomic E-state index is 0.0129. The second-order valence-electron chi connectivity index (χ2n) is 12.5. The van der Waals surface area contributed by atoms with Crippen molar-refractivity contribution in [1.29, 1.82) is 0 Å². The second kappa shape index (κ2) is 17.2. The Morgan fingerprint density at radius 3 is 2.24 bits per heavy atom. The first-order chi connectivity index (χ1) is 22.2. The molecule has 0 bridgehead atoms. The molecule has 0 aromatic heterocycles. The number of hydrogen-bond acceptors (Lipinski definition) is 6. The normalized spacial score (nSPS) is 16.8. The SMILES string of the molecule is C/C=C(/C(=O)NCCN1CCCC1)C(=O)c1cc(F)c(NC(=O)CCN2CCCC2)c(OC/C=c2/cccc/c2=C/C(C)C)c1C. The fourth-order valence-corrected chi connectivity index (χ4v) is 6.09. The van der Waals surface area contributed by atoms with Gasteiger partial charge in [0.1, 0.15) is 18.0 Å². The molecule has 248 valence electrons. The number of Topliss-reactive ketones (excluding diaryl/α,β-unsaturated/α-hetero) is 1. The Hall–Kier alpha value is -3.82. The lowest BCUT2D eigenvalue weighted by atomic mass is 9.96. The van der Waals surface area contributed by atoms with Crippen LogP contribution in [0.2, 0.25) is 0 Å². The molecule has 4 rings (SSSR count). The summed E-state index contributed by atoms with van der Waals surface area (Å²) in [7, 11) is 0. The van der Waals surface area contributed by atoms with E-state index in [0.717, 1.165) is 68.4 Å². The van der Waals surface area contributed by atoms with Crippen molar-refractivity contribution in [1.82, 2.24) is 15.1 Å². The molecule has 2 saturated heterocycles. The molecule has 0 radical (unpaired) electrons. The van der Waals surface area contributed by atoms with Gasteiger partial charge < -0.3 is 25.2 Å². The number of ether oxygens (including phenoxy) is 1. The molecule has 2 aliphatic rings. The van der Waals surface area contributed by atoms with E-state index in [1.807, 2.05) is 30.3 Å². The van der Waals surface area contributed by atoms with Gasteiger partial charge in [-0.25, -0.2) is 4.39 Å². The summed E-state index contributed by atoms with van der Waals surface area (Å²) in [6.45, 7) is 13.2. The first-order valence-corrected chi connectivity index (χ1v) is 16.6. The third-order valence-electron chi connectivity index (χ3n) is 8.57. The highest BCUT2D eigenvalue weighted by Crippen LogP contribution is 2.35. The number of rotatable bonds is 14. The van der Waals surface area contributed by atoms with Crippen LogP contribution in [0, 0.1) is 18.7 Å². The van der Waals surface area contributed by atoms with Gasteiger partial charge in [0.25, 0.3) is 5.91 Å². The number of hydrogen-bond donors (Lipinski definition) is 2. The number of allylic oxidation sites excluding steroid dienone is 1. The van der Waals surface area contributed by atoms with Crippen molar-refractivity contribution < 1.29 is 23.5 Å². The van der Waals surface area contributed by atoms with Gasteiger partial charge in [0.2, 0.25) is 5.91 Å². The molecule has 2 amide bonds. The Kier molecular flexibility index (Phi) is 13.1. The lowest BCUT2D eigenvalue weighted by Gasteiger charge is -2.19. The summed E-state index contributed by atoms with van der Waals surface area (Å²) in [6.07, 6.45) is 10.2. The van der Waals surface area contributed by atoms with Crippen LogP contribution in [0.3, 0.4) is 0 Å². The van der Waals surface area contributed by atoms with Crippen molar-refractivity contribution in [3.8, 4) is 5.75 Å². The molecule has 9 heteroatoms. The maximum absolute atomic E-state index is 15.9. The van der Waals surface area contributed by atoms with E-state index in [-0.39, 0.29) is 41.5 Å². The van der Waals surface area contributed by atoms with Crippen molar-refractivity contribution in [2.75, 3.05) is 57.7 Å². The zero-order chi connectivity index (χ0) is 33.1. The van der Waals surface area contributed by atoms with Gasteiger partial charge >= 0.3 is 0 Å². The molecule has 46 heavy (non-hydrogen) atoms. The molecule has 0 saturated carbocycles. The molecule has 2 N–H and O–H groups in total. The van der Waals surface area contributed by atoms with Gasteiger partial charge in [-0.2, -0.15) is 0 Å². The van der Waals surface area contributed by atoms with Crippen molar-refractivity contribution >= 4 is 35.4 Å². The monoisotopic (exact) mass is 632 g/mol. The fraction of sp³-hybridized carbons (Fsp3) is 0.486. The van der Waals surface area contributed by atoms with Gasteiger partial charge in [0, 0.05) is 37.2 Å². The van der Waals surface area contributed by atoms with Gasteiger partial charge in [0.15, 0.2) is 11.6 Å². The van der Waals surface area contributed by atoms with Gasteiger partial charge in [-0.15, -0.1) is 0 Å². The van der Waals surface area contributed by atoms with Crippen LogP contribution in [0.5, 0.6) is 5.75 Å². The van der Waals surface area contributed by atoms with Crippen LogP contribution < -0.4 is 25.8 Å². The van der Waals surface area contributed by atoms with Crippen LogP contribution in [0.4, 0.5) is 10.1 Å². The Balaban J connectivity index is 1.60. The molecular weight excluding hydrogens is 583 g/mol. The second-order valence-corrected chi connectivity index (χ2v) is 12.5. The number of ketones is 1. The molecule has 0 atom stereocenters. The summed E-state index contributed by atoms with van der Waals surface area (Å²) < 4.78 is 22.0. The minimum atomic E-state index is -0.795. The Labute approximate surface area is 272 Å². The Morgan fingerprint density at radius 1 is 0.978 bits per heavy atom. The molecule has 2 fully saturated rings. The lowest BCUT2D eigenvalue weighted by molar-refractivity contribution is -0.117. The van der Waals surface area contributed by atoms with Gasteiger partial charge in [-0.3, -0.25) is 14.4 Å². The predicted molar refractivity (Wildman–Crippen MR) is 182 cm³/mol. The molecule has 0 unspecified atom stereocenters. The molecule has 2 aromatic rings. The van der Waals surface area contributed by atoms with E-state index < -0.39 is 17.5 Å². The standard InChI is InChI=1S/C37H49FN4O4/c1-5-30(37(45)39-16-22-42-19-10-11-20-42)35(44)31-25-32(38)34(40-33(43)14-21-41-17-8-9-18-41)36(27(31)4)46-23-15-28-12-6-7-13-29(28)24-26(2)3/h5-7,12-13,15,24-26H,8-11,14,16-23H2,1-4H3,(H,39,45)(H,40,43)/b28-15-,29-24-,30-5+. The van der Waals surface area contributed by atoms with E-state index in [2.05, 4.69) is 40.4 Å². The lowest BCUT2D eigenvalue weighted by Crippen LogP contribution is -2.35. The van der Waals surface area contributed by atoms with E-state index in [1.54, 1.807) is 13.8 Å². The number of anilines is 1. The average Bonchev–Trinajstić information content (AvgIpc) is 3.75. The van der Waals surface area contributed by atoms with Crippen LogP contribution in [0.1, 0.15) is 68.8 Å². The summed E-state index contributed by atoms with van der Waals surface area (Å²) in [6, 6.07) is 9.01. The van der Waals surface area contributed by atoms with Crippen molar-refractivity contribution in [2.45, 2.75) is 59.8 Å². The van der Waals surface area contributed by atoms with E-state index >= 15 is 4.39 Å². The average molecular weight is 633 g/mol. The highest BCUT2D eigenvalue weighted by molar-refractivity contribution is 6.26. The number of likely N-dealkylation sites (tertiary alicyclic amines) is 2. The molecular formula is C37H49FN4O4. The Bertz CT molecular complexity index is 1540. The summed E-state index contributed by atoms with van der Waals surface area (Å²) in [5.74, 6) is -1.81. The summed E-state index contributed by atoms with van der Waals surface area (Å²) in [5, 5.41) is 7.57. The predicted octanol–water partition coefficient (Wildman–Crippen LogP) is 4.20. The molecule has 2 heterocycles. The molecule has 0 aliphatic carbocycles. The van der Waals surface area contributed by atoms with E-state index in [4.69, 9.17) is 4.74 Å². The van der Waals surface area contributed by atoms with E-state index in [1.165, 1.54) is 6.08 Å². The number of benzene rings is 2. The number of carbonyl (C=O) groups is 3. The maximum atomic E-state index is 15.9. The highest BCUT2D eigenvalue weighted by atomic mass is 19.1. The quantitative estimate of drug-likeness (QED) is 0.141. The largest absolute Gasteiger partial charge is 0.487 e. The summed E-state index contributed by atoms with van der Waals surface area (Å²) in [5.41, 5.74) is 0.190. The fourth-order valence-electron chi connectivity index (χ4n) is 6.09. The van der Waals surface area contributed by atoms with Gasteiger partial charge in [-0.05, 0) is 94.2 Å². The third kappa shape index (κ3) is 9.59. The van der Waals surface area contributed by atoms with Crippen molar-refractivity contribution in [2.24, 2.45) is 5.92 Å². The van der Waals surface area contributed by atoms with Crippen LogP contribution >= 0.6 is 0 Å². The summed E-state index contributed by atoms with van der Waals surface area (Å²) in [4.78, 5) is 44.3. The third-order valence-corrected chi connectivity index (χ3v) is 8.57. The zero-order valence-electron chi connectivity index (χ0n) is 27.8. The number of amides is 2. The van der Waals surface area contributed by atoms with E-state index in [9.17, 15) is 14.4 Å². The van der Waals surface area contributed by atoms with Gasteiger partial charge in [0.05, 0.1) is 5.57 Å². The zero-order valence-corrected chi connectivity index (χ0v) is 27.8. The van der Waals surface area contributed by atoms with Crippen molar-refractivity contribution in [3.05, 3.63) is 69.4 Å². The Morgan fingerprint density at radius 2 is 1.61 bits per heavy atom. The number of carbonyl (C=O) groups excluding carboxylic acids is 3. The molecule has 8 nitrogen and oxygen atoms in total. The number of halogens is 1. The highest BCUT2D eigenvalue weighted by Gasteiger charge is 2.27. The summed E-state index contributed by atoms with van der Waals surface area (Å²) >= 11 is 0. The minimum Gasteiger partial charge on any atom is -0.487 e. The molecule has 2 aromatic carbocycles. The maximum Gasteiger partial charge on any atom is 0.254 e. The first-order valence-electron chi connectivity index (χ1n) is 16.6. The van der Waals surface area contributed by atoms with Crippen LogP contribution in [-0.2, 0) is 9.59 Å². The first kappa shape index (κ1) is 35.0. The topological polar surface area (TPSA) is 91.0 Å². The molecule has 2 aliphatic heterocycles. The van der Waals surface area contributed by atoms with Gasteiger partial charge in [-0.1, -0.05) is 50.3 Å². The van der Waals surface area contributed by atoms with E-state index in [0.29, 0.717) is 31.1 Å². The number of nitrogens with zero attached hydrogens (tertiary/aromatic N) is 2. The van der Waals surface area contributed by atoms with Crippen molar-refractivity contribution in [3.63, 3.8) is 0 Å². The van der Waals surface area contributed by atoms with Crippen LogP contribution in [-0.4, -0.2) is 79.8 Å². The smallest absolute Gasteiger partial charge is 0.254 e.